The number of carbonyl (C=O) groups excluding carboxylic acids is 1. The number of halogens is 4. The fraction of sp³-hybridized carbons (Fsp3) is 0.368. The number of hydrogen-bond acceptors (Lipinski definition) is 2. The van der Waals surface area contributed by atoms with Crippen LogP contribution in [0.4, 0.5) is 23.2 Å². The van der Waals surface area contributed by atoms with Gasteiger partial charge >= 0.3 is 6.18 Å². The second-order valence-electron chi connectivity index (χ2n) is 6.16. The second kappa shape index (κ2) is 8.37. The van der Waals surface area contributed by atoms with Gasteiger partial charge in [-0.05, 0) is 25.0 Å². The highest BCUT2D eigenvalue weighted by Gasteiger charge is 2.41. The molecule has 1 N–H and O–H groups in total. The van der Waals surface area contributed by atoms with E-state index in [2.05, 4.69) is 17.3 Å². The third-order valence-electron chi connectivity index (χ3n) is 4.08. The number of nitrogens with zero attached hydrogens (tertiary/aromatic N) is 2. The Hall–Kier alpha value is -2.64. The van der Waals surface area contributed by atoms with Gasteiger partial charge in [-0.15, -0.1) is 0 Å². The lowest BCUT2D eigenvalue weighted by molar-refractivity contribution is -0.141. The molecular weight excluding hydrogens is 362 g/mol. The number of nitrogens with one attached hydrogen (secondary N) is 1. The van der Waals surface area contributed by atoms with Crippen LogP contribution in [-0.4, -0.2) is 15.7 Å². The summed E-state index contributed by atoms with van der Waals surface area (Å²) in [5, 5.41) is 5.49. The lowest BCUT2D eigenvalue weighted by atomic mass is 10.0. The number of aromatic nitrogens is 2. The summed E-state index contributed by atoms with van der Waals surface area (Å²) in [6.07, 6.45) is -0.0605. The zero-order chi connectivity index (χ0) is 20.2. The van der Waals surface area contributed by atoms with Crippen molar-refractivity contribution in [3.63, 3.8) is 0 Å². The van der Waals surface area contributed by atoms with Crippen LogP contribution in [-0.2, 0) is 13.2 Å². The van der Waals surface area contributed by atoms with Crippen LogP contribution in [0.2, 0.25) is 0 Å². The molecule has 0 bridgehead atoms. The molecule has 4 nitrogen and oxygen atoms in total. The molecule has 0 unspecified atom stereocenters. The first kappa shape index (κ1) is 20.7. The zero-order valence-electron chi connectivity index (χ0n) is 15.3. The molecule has 1 aromatic heterocycles. The molecule has 1 aromatic carbocycles. The molecule has 0 atom stereocenters. The van der Waals surface area contributed by atoms with E-state index in [9.17, 15) is 22.4 Å². The summed E-state index contributed by atoms with van der Waals surface area (Å²) in [4.78, 5) is 12.4. The minimum Gasteiger partial charge on any atom is -0.321 e. The normalized spacial score (nSPS) is 12.3. The van der Waals surface area contributed by atoms with E-state index in [4.69, 9.17) is 0 Å². The number of aryl methyl sites for hydroxylation is 1. The van der Waals surface area contributed by atoms with Gasteiger partial charge in [0.1, 0.15) is 5.56 Å². The highest BCUT2D eigenvalue weighted by atomic mass is 19.4. The number of benzene rings is 1. The summed E-state index contributed by atoms with van der Waals surface area (Å²) in [7, 11) is 1.01. The Balaban J connectivity index is 2.37. The Labute approximate surface area is 154 Å². The second-order valence-corrected chi connectivity index (χ2v) is 6.16. The molecule has 0 aliphatic rings. The number of alkyl halides is 3. The van der Waals surface area contributed by atoms with Crippen LogP contribution in [0, 0.1) is 5.95 Å². The quantitative estimate of drug-likeness (QED) is 0.535. The van der Waals surface area contributed by atoms with Gasteiger partial charge in [-0.2, -0.15) is 22.7 Å². The number of carbonyl (C=O) groups is 1. The summed E-state index contributed by atoms with van der Waals surface area (Å²) in [5.74, 6) is -2.53. The standard InChI is InChI=1S/C19H21F4N3O/c1-4-5-6-9-12(2)13-10-7-8-11-14(13)24-18(27)15-16(19(21,22)23)25-26(3)17(15)20/h7-11H,4-6H2,1-3H3,(H,24,27)/b12-9-. The van der Waals surface area contributed by atoms with Gasteiger partial charge in [0.05, 0.1) is 0 Å². The van der Waals surface area contributed by atoms with Crippen molar-refractivity contribution in [1.29, 1.82) is 0 Å². The number of unbranched alkanes of at least 4 members (excludes halogenated alkanes) is 2. The van der Waals surface area contributed by atoms with Crippen molar-refractivity contribution in [3.8, 4) is 0 Å². The predicted octanol–water partition coefficient (Wildman–Crippen LogP) is 5.42. The fourth-order valence-corrected chi connectivity index (χ4v) is 2.66. The monoisotopic (exact) mass is 383 g/mol. The number of amides is 1. The first-order valence-corrected chi connectivity index (χ1v) is 8.54. The maximum absolute atomic E-state index is 14.1. The van der Waals surface area contributed by atoms with Gasteiger partial charge in [-0.3, -0.25) is 4.79 Å². The van der Waals surface area contributed by atoms with Crippen molar-refractivity contribution in [2.75, 3.05) is 5.32 Å². The van der Waals surface area contributed by atoms with E-state index >= 15 is 0 Å². The topological polar surface area (TPSA) is 46.9 Å². The first-order valence-electron chi connectivity index (χ1n) is 8.54. The summed E-state index contributed by atoms with van der Waals surface area (Å²) in [6, 6.07) is 6.71. The average Bonchev–Trinajstić information content (AvgIpc) is 2.91. The zero-order valence-corrected chi connectivity index (χ0v) is 15.3. The molecule has 0 saturated heterocycles. The molecule has 2 rings (SSSR count). The number of para-hydroxylation sites is 1. The highest BCUT2D eigenvalue weighted by molar-refractivity contribution is 6.06. The van der Waals surface area contributed by atoms with Gasteiger partial charge in [0, 0.05) is 18.3 Å². The molecule has 0 fully saturated rings. The predicted molar refractivity (Wildman–Crippen MR) is 95.7 cm³/mol. The Kier molecular flexibility index (Phi) is 6.41. The lowest BCUT2D eigenvalue weighted by Gasteiger charge is -2.12. The molecule has 0 spiro atoms. The lowest BCUT2D eigenvalue weighted by Crippen LogP contribution is -2.19. The van der Waals surface area contributed by atoms with E-state index in [1.54, 1.807) is 24.3 Å². The Morgan fingerprint density at radius 2 is 1.96 bits per heavy atom. The summed E-state index contributed by atoms with van der Waals surface area (Å²) in [6.45, 7) is 3.92. The summed E-state index contributed by atoms with van der Waals surface area (Å²) >= 11 is 0. The molecule has 0 aliphatic heterocycles. The van der Waals surface area contributed by atoms with E-state index in [0.717, 1.165) is 31.9 Å². The van der Waals surface area contributed by atoms with Crippen LogP contribution >= 0.6 is 0 Å². The Morgan fingerprint density at radius 3 is 2.59 bits per heavy atom. The van der Waals surface area contributed by atoms with Crippen molar-refractivity contribution in [2.45, 2.75) is 39.3 Å². The minimum atomic E-state index is -4.94. The summed E-state index contributed by atoms with van der Waals surface area (Å²) < 4.78 is 53.8. The van der Waals surface area contributed by atoms with Gasteiger partial charge in [-0.1, -0.05) is 44.0 Å². The van der Waals surface area contributed by atoms with Crippen LogP contribution in [0.3, 0.4) is 0 Å². The van der Waals surface area contributed by atoms with E-state index in [1.165, 1.54) is 0 Å². The van der Waals surface area contributed by atoms with Gasteiger partial charge in [0.2, 0.25) is 5.95 Å². The smallest absolute Gasteiger partial charge is 0.321 e. The molecule has 146 valence electrons. The van der Waals surface area contributed by atoms with Gasteiger partial charge < -0.3 is 5.32 Å². The maximum Gasteiger partial charge on any atom is 0.436 e. The van der Waals surface area contributed by atoms with Crippen LogP contribution in [0.15, 0.2) is 30.3 Å². The van der Waals surface area contributed by atoms with Crippen LogP contribution in [0.5, 0.6) is 0 Å². The van der Waals surface area contributed by atoms with Crippen LogP contribution in [0.1, 0.15) is 54.7 Å². The highest BCUT2D eigenvalue weighted by Crippen LogP contribution is 2.33. The van der Waals surface area contributed by atoms with Crippen molar-refractivity contribution in [2.24, 2.45) is 7.05 Å². The first-order chi connectivity index (χ1) is 12.7. The largest absolute Gasteiger partial charge is 0.436 e. The van der Waals surface area contributed by atoms with E-state index in [-0.39, 0.29) is 0 Å². The molecule has 0 aliphatic carbocycles. The number of hydrogen-bond donors (Lipinski definition) is 1. The molecule has 0 saturated carbocycles. The Morgan fingerprint density at radius 1 is 1.30 bits per heavy atom. The van der Waals surface area contributed by atoms with E-state index in [0.29, 0.717) is 15.9 Å². The van der Waals surface area contributed by atoms with Gasteiger partial charge in [0.15, 0.2) is 5.69 Å². The van der Waals surface area contributed by atoms with E-state index < -0.39 is 29.3 Å². The van der Waals surface area contributed by atoms with Gasteiger partial charge in [0.25, 0.3) is 5.91 Å². The molecule has 2 aromatic rings. The molecule has 8 heteroatoms. The third kappa shape index (κ3) is 4.75. The fourth-order valence-electron chi connectivity index (χ4n) is 2.66. The van der Waals surface area contributed by atoms with Crippen molar-refractivity contribution < 1.29 is 22.4 Å². The number of anilines is 1. The number of rotatable bonds is 6. The van der Waals surface area contributed by atoms with Crippen LogP contribution in [0.25, 0.3) is 5.57 Å². The minimum absolute atomic E-state index is 0.309. The average molecular weight is 383 g/mol. The third-order valence-corrected chi connectivity index (χ3v) is 4.08. The Bertz CT molecular complexity index is 853. The molecule has 27 heavy (non-hydrogen) atoms. The molecule has 1 amide bonds. The SMILES string of the molecule is CCCC/C=C(/C)c1ccccc1NC(=O)c1c(C(F)(F)F)nn(C)c1F. The van der Waals surface area contributed by atoms with Crippen LogP contribution < -0.4 is 5.32 Å². The van der Waals surface area contributed by atoms with Gasteiger partial charge in [-0.25, -0.2) is 4.68 Å². The van der Waals surface area contributed by atoms with Crippen molar-refractivity contribution in [3.05, 3.63) is 53.1 Å². The van der Waals surface area contributed by atoms with Crippen molar-refractivity contribution >= 4 is 17.2 Å². The maximum atomic E-state index is 14.1. The summed E-state index contributed by atoms with van der Waals surface area (Å²) in [5.41, 5.74) is -0.814. The van der Waals surface area contributed by atoms with E-state index in [1.807, 2.05) is 13.0 Å². The molecule has 1 heterocycles. The molecule has 0 radical (unpaired) electrons. The van der Waals surface area contributed by atoms with Crippen molar-refractivity contribution in [1.82, 2.24) is 9.78 Å². The number of allylic oxidation sites excluding steroid dienone is 2. The molecular formula is C19H21F4N3O.